The second-order valence-electron chi connectivity index (χ2n) is 5.75. The number of piperazine rings is 1. The lowest BCUT2D eigenvalue weighted by Crippen LogP contribution is -2.52. The molecule has 0 saturated carbocycles. The molecule has 7 heteroatoms. The molecule has 1 aliphatic heterocycles. The Balaban J connectivity index is 1.50. The van der Waals surface area contributed by atoms with Gasteiger partial charge in [0.15, 0.2) is 0 Å². The monoisotopic (exact) mass is 340 g/mol. The third kappa shape index (κ3) is 4.26. The predicted molar refractivity (Wildman–Crippen MR) is 93.6 cm³/mol. The highest BCUT2D eigenvalue weighted by atomic mass is 16.6. The summed E-state index contributed by atoms with van der Waals surface area (Å²) >= 11 is 0. The number of hydrogen-bond donors (Lipinski definition) is 1. The molecule has 2 aromatic rings. The molecule has 0 bridgehead atoms. The number of ether oxygens (including phenoxy) is 1. The van der Waals surface area contributed by atoms with Crippen LogP contribution in [-0.4, -0.2) is 53.1 Å². The van der Waals surface area contributed by atoms with Gasteiger partial charge in [0.1, 0.15) is 11.6 Å². The molecule has 0 aliphatic carbocycles. The Kier molecular flexibility index (Phi) is 5.13. The molecule has 25 heavy (non-hydrogen) atoms. The summed E-state index contributed by atoms with van der Waals surface area (Å²) in [6.07, 6.45) is 1.24. The summed E-state index contributed by atoms with van der Waals surface area (Å²) in [6, 6.07) is 12.4. The minimum absolute atomic E-state index is 0.210. The Morgan fingerprint density at radius 1 is 1.00 bits per heavy atom. The summed E-state index contributed by atoms with van der Waals surface area (Å²) in [4.78, 5) is 31.9. The fraction of sp³-hybridized carbons (Fsp3) is 0.278. The second-order valence-corrected chi connectivity index (χ2v) is 5.75. The standard InChI is InChI=1S/C18H20N4O3/c1-14-6-5-9-19-16(14)20-17(23)21-10-12-22(13-11-21)18(24)25-15-7-3-2-4-8-15/h2-9H,10-13H2,1H3,(H,19,20,23). The van der Waals surface area contributed by atoms with E-state index in [0.717, 1.165) is 5.56 Å². The molecule has 1 fully saturated rings. The molecule has 1 aromatic heterocycles. The lowest BCUT2D eigenvalue weighted by molar-refractivity contribution is 0.120. The number of amides is 3. The van der Waals surface area contributed by atoms with Gasteiger partial charge in [0.2, 0.25) is 0 Å². The molecule has 1 aliphatic rings. The number of hydrogen-bond acceptors (Lipinski definition) is 4. The van der Waals surface area contributed by atoms with Gasteiger partial charge in [0.25, 0.3) is 0 Å². The fourth-order valence-electron chi connectivity index (χ4n) is 2.54. The highest BCUT2D eigenvalue weighted by molar-refractivity contribution is 5.89. The zero-order chi connectivity index (χ0) is 17.6. The first-order chi connectivity index (χ1) is 12.1. The molecule has 3 amide bonds. The number of rotatable bonds is 2. The molecule has 7 nitrogen and oxygen atoms in total. The van der Waals surface area contributed by atoms with Crippen molar-refractivity contribution in [2.45, 2.75) is 6.92 Å². The van der Waals surface area contributed by atoms with Crippen molar-refractivity contribution in [3.63, 3.8) is 0 Å². The van der Waals surface area contributed by atoms with E-state index < -0.39 is 6.09 Å². The quantitative estimate of drug-likeness (QED) is 0.912. The van der Waals surface area contributed by atoms with Gasteiger partial charge in [-0.1, -0.05) is 24.3 Å². The molecule has 1 saturated heterocycles. The topological polar surface area (TPSA) is 74.8 Å². The molecule has 2 heterocycles. The molecular formula is C18H20N4O3. The number of nitrogens with one attached hydrogen (secondary N) is 1. The van der Waals surface area contributed by atoms with E-state index in [2.05, 4.69) is 10.3 Å². The van der Waals surface area contributed by atoms with E-state index >= 15 is 0 Å². The fourth-order valence-corrected chi connectivity index (χ4v) is 2.54. The Morgan fingerprint density at radius 2 is 1.68 bits per heavy atom. The van der Waals surface area contributed by atoms with Crippen LogP contribution in [0.3, 0.4) is 0 Å². The van der Waals surface area contributed by atoms with E-state index in [1.54, 1.807) is 28.1 Å². The summed E-state index contributed by atoms with van der Waals surface area (Å²) in [5, 5.41) is 2.80. The van der Waals surface area contributed by atoms with Crippen molar-refractivity contribution in [3.8, 4) is 5.75 Å². The molecule has 0 unspecified atom stereocenters. The molecule has 0 atom stereocenters. The van der Waals surface area contributed by atoms with E-state index in [1.807, 2.05) is 37.3 Å². The average molecular weight is 340 g/mol. The van der Waals surface area contributed by atoms with Gasteiger partial charge in [-0.3, -0.25) is 5.32 Å². The van der Waals surface area contributed by atoms with Crippen LogP contribution in [0.15, 0.2) is 48.7 Å². The van der Waals surface area contributed by atoms with Crippen molar-refractivity contribution in [1.29, 1.82) is 0 Å². The number of aromatic nitrogens is 1. The lowest BCUT2D eigenvalue weighted by Gasteiger charge is -2.33. The minimum Gasteiger partial charge on any atom is -0.410 e. The number of anilines is 1. The molecule has 0 spiro atoms. The Morgan fingerprint density at radius 3 is 2.36 bits per heavy atom. The first-order valence-corrected chi connectivity index (χ1v) is 8.13. The van der Waals surface area contributed by atoms with Gasteiger partial charge in [0, 0.05) is 32.4 Å². The maximum absolute atomic E-state index is 12.3. The van der Waals surface area contributed by atoms with Gasteiger partial charge in [-0.25, -0.2) is 14.6 Å². The molecule has 0 radical (unpaired) electrons. The van der Waals surface area contributed by atoms with E-state index in [0.29, 0.717) is 37.7 Å². The third-order valence-corrected chi connectivity index (χ3v) is 4.01. The summed E-state index contributed by atoms with van der Waals surface area (Å²) in [5.74, 6) is 1.07. The Labute approximate surface area is 146 Å². The normalized spacial score (nSPS) is 14.1. The van der Waals surface area contributed by atoms with Gasteiger partial charge in [-0.15, -0.1) is 0 Å². The summed E-state index contributed by atoms with van der Waals surface area (Å²) in [7, 11) is 0. The van der Waals surface area contributed by atoms with Crippen LogP contribution in [0.25, 0.3) is 0 Å². The Bertz CT molecular complexity index is 743. The lowest BCUT2D eigenvalue weighted by atomic mass is 10.3. The van der Waals surface area contributed by atoms with Gasteiger partial charge in [-0.2, -0.15) is 0 Å². The highest BCUT2D eigenvalue weighted by Gasteiger charge is 2.25. The van der Waals surface area contributed by atoms with E-state index in [9.17, 15) is 9.59 Å². The average Bonchev–Trinajstić information content (AvgIpc) is 2.64. The van der Waals surface area contributed by atoms with Gasteiger partial charge >= 0.3 is 12.1 Å². The van der Waals surface area contributed by atoms with Crippen LogP contribution in [0.4, 0.5) is 15.4 Å². The van der Waals surface area contributed by atoms with E-state index in [-0.39, 0.29) is 6.03 Å². The van der Waals surface area contributed by atoms with Crippen LogP contribution in [0.2, 0.25) is 0 Å². The Hall–Kier alpha value is -3.09. The van der Waals surface area contributed by atoms with Crippen LogP contribution in [0.1, 0.15) is 5.56 Å². The van der Waals surface area contributed by atoms with Crippen LogP contribution in [0.5, 0.6) is 5.75 Å². The summed E-state index contributed by atoms with van der Waals surface area (Å²) in [5.41, 5.74) is 0.904. The maximum atomic E-state index is 12.3. The van der Waals surface area contributed by atoms with Gasteiger partial charge < -0.3 is 14.5 Å². The molecule has 130 valence electrons. The van der Waals surface area contributed by atoms with Crippen molar-refractivity contribution in [3.05, 3.63) is 54.2 Å². The molecular weight excluding hydrogens is 320 g/mol. The number of aryl methyl sites for hydroxylation is 1. The first kappa shape index (κ1) is 16.8. The highest BCUT2D eigenvalue weighted by Crippen LogP contribution is 2.13. The van der Waals surface area contributed by atoms with Crippen molar-refractivity contribution >= 4 is 17.9 Å². The van der Waals surface area contributed by atoms with Crippen LogP contribution in [0, 0.1) is 6.92 Å². The van der Waals surface area contributed by atoms with Crippen LogP contribution >= 0.6 is 0 Å². The number of nitrogens with zero attached hydrogens (tertiary/aromatic N) is 3. The van der Waals surface area contributed by atoms with Gasteiger partial charge in [0.05, 0.1) is 0 Å². The van der Waals surface area contributed by atoms with Gasteiger partial charge in [-0.05, 0) is 30.7 Å². The molecule has 1 N–H and O–H groups in total. The largest absolute Gasteiger partial charge is 0.415 e. The number of carbonyl (C=O) groups excluding carboxylic acids is 2. The minimum atomic E-state index is -0.396. The smallest absolute Gasteiger partial charge is 0.410 e. The number of carbonyl (C=O) groups is 2. The zero-order valence-electron chi connectivity index (χ0n) is 14.0. The number of benzene rings is 1. The van der Waals surface area contributed by atoms with Crippen molar-refractivity contribution in [1.82, 2.24) is 14.8 Å². The number of pyridine rings is 1. The van der Waals surface area contributed by atoms with Crippen LogP contribution in [-0.2, 0) is 0 Å². The van der Waals surface area contributed by atoms with Crippen molar-refractivity contribution < 1.29 is 14.3 Å². The predicted octanol–water partition coefficient (Wildman–Crippen LogP) is 2.74. The van der Waals surface area contributed by atoms with E-state index in [4.69, 9.17) is 4.74 Å². The molecule has 1 aromatic carbocycles. The second kappa shape index (κ2) is 7.65. The van der Waals surface area contributed by atoms with Crippen molar-refractivity contribution in [2.24, 2.45) is 0 Å². The number of para-hydroxylation sites is 1. The van der Waals surface area contributed by atoms with Crippen molar-refractivity contribution in [2.75, 3.05) is 31.5 Å². The first-order valence-electron chi connectivity index (χ1n) is 8.13. The summed E-state index contributed by atoms with van der Waals surface area (Å²) in [6.45, 7) is 3.64. The summed E-state index contributed by atoms with van der Waals surface area (Å²) < 4.78 is 5.32. The number of urea groups is 1. The zero-order valence-corrected chi connectivity index (χ0v) is 14.0. The van der Waals surface area contributed by atoms with Crippen LogP contribution < -0.4 is 10.1 Å². The van der Waals surface area contributed by atoms with E-state index in [1.165, 1.54) is 0 Å². The molecule has 3 rings (SSSR count). The maximum Gasteiger partial charge on any atom is 0.415 e. The third-order valence-electron chi connectivity index (χ3n) is 4.01. The SMILES string of the molecule is Cc1cccnc1NC(=O)N1CCN(C(=O)Oc2ccccc2)CC1.